The van der Waals surface area contributed by atoms with Crippen LogP contribution in [0, 0.1) is 0 Å². The van der Waals surface area contributed by atoms with Gasteiger partial charge in [-0.1, -0.05) is 18.2 Å². The van der Waals surface area contributed by atoms with E-state index in [4.69, 9.17) is 9.72 Å². The summed E-state index contributed by atoms with van der Waals surface area (Å²) >= 11 is 0. The van der Waals surface area contributed by atoms with E-state index in [1.165, 1.54) is 0 Å². The lowest BCUT2D eigenvalue weighted by atomic mass is 10.2. The van der Waals surface area contributed by atoms with Crippen molar-refractivity contribution in [2.75, 3.05) is 18.1 Å². The first-order chi connectivity index (χ1) is 13.3. The fraction of sp³-hybridized carbons (Fsp3) is 0.300. The topological polar surface area (TPSA) is 73.1 Å². The van der Waals surface area contributed by atoms with Gasteiger partial charge in [-0.05, 0) is 37.1 Å². The van der Waals surface area contributed by atoms with Crippen molar-refractivity contribution >= 4 is 11.6 Å². The third kappa shape index (κ3) is 3.05. The Labute approximate surface area is 156 Å². The van der Waals surface area contributed by atoms with Gasteiger partial charge >= 0.3 is 0 Å². The molecule has 2 aliphatic rings. The molecule has 0 bridgehead atoms. The lowest BCUT2D eigenvalue weighted by molar-refractivity contribution is -0.121. The van der Waals surface area contributed by atoms with Gasteiger partial charge in [0.1, 0.15) is 11.6 Å². The second kappa shape index (κ2) is 6.50. The molecule has 7 nitrogen and oxygen atoms in total. The van der Waals surface area contributed by atoms with E-state index in [0.29, 0.717) is 18.9 Å². The van der Waals surface area contributed by atoms with Crippen LogP contribution < -0.4 is 9.64 Å². The van der Waals surface area contributed by atoms with Crippen molar-refractivity contribution in [1.82, 2.24) is 19.7 Å². The van der Waals surface area contributed by atoms with Crippen LogP contribution in [0.2, 0.25) is 0 Å². The van der Waals surface area contributed by atoms with E-state index < -0.39 is 0 Å². The maximum Gasteiger partial charge on any atom is 0.265 e. The smallest absolute Gasteiger partial charge is 0.265 e. The highest BCUT2D eigenvalue weighted by atomic mass is 16.5. The number of hydrogen-bond acceptors (Lipinski definition) is 5. The highest BCUT2D eigenvalue weighted by Gasteiger charge is 2.30. The van der Waals surface area contributed by atoms with E-state index >= 15 is 0 Å². The molecule has 7 heteroatoms. The maximum absolute atomic E-state index is 12.4. The monoisotopic (exact) mass is 361 g/mol. The zero-order valence-electron chi connectivity index (χ0n) is 14.8. The van der Waals surface area contributed by atoms with Gasteiger partial charge in [0.15, 0.2) is 18.2 Å². The summed E-state index contributed by atoms with van der Waals surface area (Å²) in [6.07, 6.45) is 4.62. The number of amides is 1. The van der Waals surface area contributed by atoms with Crippen LogP contribution in [0.5, 0.6) is 5.75 Å². The van der Waals surface area contributed by atoms with Crippen LogP contribution in [0.25, 0.3) is 5.82 Å². The molecular formula is C20H19N5O2. The summed E-state index contributed by atoms with van der Waals surface area (Å²) in [5, 5.41) is 4.68. The van der Waals surface area contributed by atoms with Gasteiger partial charge in [-0.3, -0.25) is 4.79 Å². The number of rotatable bonds is 5. The number of carbonyl (C=O) groups excluding carboxylic acids is 1. The maximum atomic E-state index is 12.4. The first-order valence-corrected chi connectivity index (χ1v) is 9.19. The molecule has 5 rings (SSSR count). The second-order valence-electron chi connectivity index (χ2n) is 6.81. The van der Waals surface area contributed by atoms with Crippen molar-refractivity contribution in [2.45, 2.75) is 25.2 Å². The molecule has 1 aliphatic heterocycles. The molecular weight excluding hydrogens is 342 g/mol. The summed E-state index contributed by atoms with van der Waals surface area (Å²) in [6.45, 7) is 0.589. The third-order valence-electron chi connectivity index (χ3n) is 4.87. The van der Waals surface area contributed by atoms with Crippen LogP contribution >= 0.6 is 0 Å². The van der Waals surface area contributed by atoms with Gasteiger partial charge < -0.3 is 9.64 Å². The minimum atomic E-state index is -0.0417. The van der Waals surface area contributed by atoms with Gasteiger partial charge in [0.25, 0.3) is 5.91 Å². The van der Waals surface area contributed by atoms with E-state index in [1.807, 2.05) is 47.1 Å². The molecule has 3 aromatic rings. The second-order valence-corrected chi connectivity index (χ2v) is 6.81. The molecule has 0 N–H and O–H groups in total. The summed E-state index contributed by atoms with van der Waals surface area (Å²) in [4.78, 5) is 23.3. The summed E-state index contributed by atoms with van der Waals surface area (Å²) in [5.41, 5.74) is 0.806. The predicted octanol–water partition coefficient (Wildman–Crippen LogP) is 2.51. The molecule has 1 aliphatic carbocycles. The highest BCUT2D eigenvalue weighted by Crippen LogP contribution is 2.38. The zero-order valence-corrected chi connectivity index (χ0v) is 14.8. The summed E-state index contributed by atoms with van der Waals surface area (Å²) in [6, 6.07) is 13.4. The summed E-state index contributed by atoms with van der Waals surface area (Å²) in [7, 11) is 0. The first-order valence-electron chi connectivity index (χ1n) is 9.19. The molecule has 0 unspecified atom stereocenters. The Balaban J connectivity index is 1.44. The van der Waals surface area contributed by atoms with Gasteiger partial charge in [-0.2, -0.15) is 4.68 Å². The first kappa shape index (κ1) is 16.0. The Kier molecular flexibility index (Phi) is 3.85. The van der Waals surface area contributed by atoms with Crippen LogP contribution in [0.1, 0.15) is 30.4 Å². The predicted molar refractivity (Wildman–Crippen MR) is 99.1 cm³/mol. The van der Waals surface area contributed by atoms with Gasteiger partial charge in [-0.15, -0.1) is 5.10 Å². The largest absolute Gasteiger partial charge is 0.482 e. The van der Waals surface area contributed by atoms with E-state index in [9.17, 15) is 4.79 Å². The third-order valence-corrected chi connectivity index (χ3v) is 4.87. The van der Waals surface area contributed by atoms with Crippen molar-refractivity contribution < 1.29 is 9.53 Å². The molecule has 136 valence electrons. The molecule has 1 amide bonds. The molecule has 0 radical (unpaired) electrons. The zero-order chi connectivity index (χ0) is 18.2. The van der Waals surface area contributed by atoms with Crippen LogP contribution in [-0.4, -0.2) is 38.8 Å². The van der Waals surface area contributed by atoms with Gasteiger partial charge in [-0.25, -0.2) is 9.97 Å². The quantitative estimate of drug-likeness (QED) is 0.698. The van der Waals surface area contributed by atoms with Crippen molar-refractivity contribution in [1.29, 1.82) is 0 Å². The van der Waals surface area contributed by atoms with Crippen LogP contribution in [0.15, 0.2) is 48.7 Å². The number of fused-ring (bicyclic) bond motifs is 1. The normalized spacial score (nSPS) is 16.1. The highest BCUT2D eigenvalue weighted by molar-refractivity contribution is 5.97. The molecule has 0 saturated heterocycles. The lowest BCUT2D eigenvalue weighted by Gasteiger charge is -2.29. The van der Waals surface area contributed by atoms with Crippen molar-refractivity contribution in [3.63, 3.8) is 0 Å². The summed E-state index contributed by atoms with van der Waals surface area (Å²) < 4.78 is 7.33. The van der Waals surface area contributed by atoms with Crippen molar-refractivity contribution in [3.05, 3.63) is 60.3 Å². The van der Waals surface area contributed by atoms with E-state index in [-0.39, 0.29) is 12.5 Å². The average Bonchev–Trinajstić information content (AvgIpc) is 3.48. The number of anilines is 1. The number of aromatic nitrogens is 4. The van der Waals surface area contributed by atoms with Gasteiger partial charge in [0, 0.05) is 25.1 Å². The molecule has 1 saturated carbocycles. The standard InChI is InChI=1S/C20H19N5O2/c26-19-13-27-16-6-2-1-5-15(16)24(19)12-10-18-22-20(14-8-9-14)23-25(18)17-7-3-4-11-21-17/h1-7,11,14H,8-10,12-13H2. The number of pyridine rings is 1. The Morgan fingerprint density at radius 2 is 1.96 bits per heavy atom. The molecule has 1 fully saturated rings. The fourth-order valence-electron chi connectivity index (χ4n) is 3.31. The van der Waals surface area contributed by atoms with Crippen LogP contribution in [0.4, 0.5) is 5.69 Å². The Hall–Kier alpha value is -3.22. The number of ether oxygens (including phenoxy) is 1. The molecule has 3 heterocycles. The van der Waals surface area contributed by atoms with Gasteiger partial charge in [0.2, 0.25) is 0 Å². The lowest BCUT2D eigenvalue weighted by Crippen LogP contribution is -2.40. The molecule has 1 aromatic carbocycles. The molecule has 0 spiro atoms. The number of carbonyl (C=O) groups is 1. The summed E-state index contributed by atoms with van der Waals surface area (Å²) in [5.74, 6) is 3.61. The molecule has 27 heavy (non-hydrogen) atoms. The number of para-hydroxylation sites is 2. The van der Waals surface area contributed by atoms with Crippen molar-refractivity contribution in [3.8, 4) is 11.6 Å². The average molecular weight is 361 g/mol. The van der Waals surface area contributed by atoms with E-state index in [0.717, 1.165) is 41.7 Å². The Morgan fingerprint density at radius 3 is 2.78 bits per heavy atom. The SMILES string of the molecule is O=C1COc2ccccc2N1CCc1nc(C2CC2)nn1-c1ccccn1. The number of hydrogen-bond donors (Lipinski definition) is 0. The van der Waals surface area contributed by atoms with E-state index in [1.54, 1.807) is 11.1 Å². The van der Waals surface area contributed by atoms with E-state index in [2.05, 4.69) is 10.1 Å². The Bertz CT molecular complexity index is 981. The number of benzene rings is 1. The number of nitrogens with zero attached hydrogens (tertiary/aromatic N) is 5. The van der Waals surface area contributed by atoms with Crippen LogP contribution in [-0.2, 0) is 11.2 Å². The van der Waals surface area contributed by atoms with Crippen molar-refractivity contribution in [2.24, 2.45) is 0 Å². The Morgan fingerprint density at radius 1 is 1.11 bits per heavy atom. The van der Waals surface area contributed by atoms with Gasteiger partial charge in [0.05, 0.1) is 5.69 Å². The molecule has 0 atom stereocenters. The fourth-order valence-corrected chi connectivity index (χ4v) is 3.31. The molecule has 2 aromatic heterocycles. The minimum absolute atomic E-state index is 0.0417. The van der Waals surface area contributed by atoms with Crippen LogP contribution in [0.3, 0.4) is 0 Å². The minimum Gasteiger partial charge on any atom is -0.482 e.